The van der Waals surface area contributed by atoms with Crippen molar-refractivity contribution in [2.24, 2.45) is 0 Å². The summed E-state index contributed by atoms with van der Waals surface area (Å²) in [6, 6.07) is 4.79. The minimum atomic E-state index is -0.542. The Kier molecular flexibility index (Phi) is 4.66. The first-order valence-electron chi connectivity index (χ1n) is 5.75. The number of phenols is 1. The standard InChI is InChI=1S/C13H7Cl2N3O3S/c1-6-13(18(20)21)22-12(17-6)8(5-16)2-7-3-9(14)11(19)10(15)4-7/h2-4,19H,1H3/b8-2-. The first-order valence-corrected chi connectivity index (χ1v) is 7.32. The van der Waals surface area contributed by atoms with Crippen LogP contribution in [0.1, 0.15) is 16.3 Å². The van der Waals surface area contributed by atoms with Crippen LogP contribution in [0.25, 0.3) is 11.6 Å². The Morgan fingerprint density at radius 1 is 1.50 bits per heavy atom. The predicted octanol–water partition coefficient (Wildman–Crippen LogP) is 4.44. The number of halogens is 2. The average Bonchev–Trinajstić information content (AvgIpc) is 2.84. The number of phenolic OH excluding ortho intramolecular Hbond substituents is 1. The topological polar surface area (TPSA) is 100 Å². The highest BCUT2D eigenvalue weighted by atomic mass is 35.5. The molecule has 1 aromatic heterocycles. The zero-order chi connectivity index (χ0) is 16.4. The minimum Gasteiger partial charge on any atom is -0.505 e. The van der Waals surface area contributed by atoms with Gasteiger partial charge in [-0.05, 0) is 42.0 Å². The number of benzene rings is 1. The maximum absolute atomic E-state index is 10.8. The lowest BCUT2D eigenvalue weighted by molar-refractivity contribution is -0.380. The monoisotopic (exact) mass is 355 g/mol. The SMILES string of the molecule is Cc1nc(/C(C#N)=C\c2cc(Cl)c(O)c(Cl)c2)sc1[N+](=O)[O-]. The third-order valence-corrected chi connectivity index (χ3v) is 4.36. The van der Waals surface area contributed by atoms with Crippen molar-refractivity contribution in [3.05, 3.63) is 48.6 Å². The van der Waals surface area contributed by atoms with E-state index < -0.39 is 4.92 Å². The van der Waals surface area contributed by atoms with Crippen LogP contribution in [-0.2, 0) is 0 Å². The lowest BCUT2D eigenvalue weighted by atomic mass is 10.1. The Balaban J connectivity index is 2.51. The fourth-order valence-electron chi connectivity index (χ4n) is 1.65. The number of aromatic nitrogens is 1. The van der Waals surface area contributed by atoms with E-state index in [1.165, 1.54) is 25.1 Å². The summed E-state index contributed by atoms with van der Waals surface area (Å²) in [5.74, 6) is -0.250. The second-order valence-corrected chi connectivity index (χ2v) is 5.96. The van der Waals surface area contributed by atoms with Gasteiger partial charge in [0.2, 0.25) is 0 Å². The summed E-state index contributed by atoms with van der Waals surface area (Å²) >= 11 is 12.4. The molecule has 0 unspecified atom stereocenters. The van der Waals surface area contributed by atoms with Crippen molar-refractivity contribution in [2.45, 2.75) is 6.92 Å². The number of nitro groups is 1. The van der Waals surface area contributed by atoms with Crippen molar-refractivity contribution in [1.29, 1.82) is 5.26 Å². The molecule has 0 saturated carbocycles. The molecule has 0 fully saturated rings. The zero-order valence-electron chi connectivity index (χ0n) is 11.0. The lowest BCUT2D eigenvalue weighted by Gasteiger charge is -2.02. The molecule has 2 rings (SSSR count). The van der Waals surface area contributed by atoms with E-state index in [1.807, 2.05) is 6.07 Å². The Labute approximate surface area is 139 Å². The van der Waals surface area contributed by atoms with Crippen LogP contribution in [0.15, 0.2) is 12.1 Å². The van der Waals surface area contributed by atoms with Crippen LogP contribution in [0.2, 0.25) is 10.0 Å². The number of aromatic hydroxyl groups is 1. The highest BCUT2D eigenvalue weighted by Crippen LogP contribution is 2.35. The molecule has 0 amide bonds. The van der Waals surface area contributed by atoms with Crippen molar-refractivity contribution in [1.82, 2.24) is 4.98 Å². The lowest BCUT2D eigenvalue weighted by Crippen LogP contribution is -1.86. The van der Waals surface area contributed by atoms with Crippen LogP contribution >= 0.6 is 34.5 Å². The first-order chi connectivity index (χ1) is 10.3. The molecule has 0 radical (unpaired) electrons. The first kappa shape index (κ1) is 16.2. The van der Waals surface area contributed by atoms with Gasteiger partial charge in [0.25, 0.3) is 0 Å². The number of hydrogen-bond acceptors (Lipinski definition) is 6. The fraction of sp³-hybridized carbons (Fsp3) is 0.0769. The van der Waals surface area contributed by atoms with E-state index in [1.54, 1.807) is 0 Å². The van der Waals surface area contributed by atoms with Gasteiger partial charge in [-0.1, -0.05) is 23.2 Å². The normalized spacial score (nSPS) is 11.3. The van der Waals surface area contributed by atoms with Crippen LogP contribution in [-0.4, -0.2) is 15.0 Å². The van der Waals surface area contributed by atoms with Crippen molar-refractivity contribution < 1.29 is 10.0 Å². The smallest absolute Gasteiger partial charge is 0.347 e. The molecule has 112 valence electrons. The van der Waals surface area contributed by atoms with Gasteiger partial charge in [0.15, 0.2) is 5.75 Å². The summed E-state index contributed by atoms with van der Waals surface area (Å²) in [6.07, 6.45) is 1.44. The van der Waals surface area contributed by atoms with Crippen molar-refractivity contribution in [3.8, 4) is 11.8 Å². The number of hydrogen-bond donors (Lipinski definition) is 1. The van der Waals surface area contributed by atoms with Crippen molar-refractivity contribution in [3.63, 3.8) is 0 Å². The van der Waals surface area contributed by atoms with E-state index in [0.717, 1.165) is 11.3 Å². The Morgan fingerprint density at radius 3 is 2.55 bits per heavy atom. The molecule has 1 N–H and O–H groups in total. The van der Waals surface area contributed by atoms with Gasteiger partial charge in [0.05, 0.1) is 20.5 Å². The molecule has 0 aliphatic rings. The molecule has 1 aromatic carbocycles. The molecule has 22 heavy (non-hydrogen) atoms. The molecule has 0 aliphatic carbocycles. The summed E-state index contributed by atoms with van der Waals surface area (Å²) < 4.78 is 0. The molecule has 9 heteroatoms. The van der Waals surface area contributed by atoms with E-state index in [4.69, 9.17) is 23.2 Å². The zero-order valence-corrected chi connectivity index (χ0v) is 13.3. The molecule has 0 bridgehead atoms. The van der Waals surface area contributed by atoms with Gasteiger partial charge in [-0.2, -0.15) is 5.26 Å². The van der Waals surface area contributed by atoms with E-state index in [0.29, 0.717) is 5.56 Å². The van der Waals surface area contributed by atoms with Crippen LogP contribution in [0.4, 0.5) is 5.00 Å². The second-order valence-electron chi connectivity index (χ2n) is 4.17. The maximum Gasteiger partial charge on any atom is 0.347 e. The van der Waals surface area contributed by atoms with E-state index in [2.05, 4.69) is 4.98 Å². The maximum atomic E-state index is 10.8. The predicted molar refractivity (Wildman–Crippen MR) is 85.1 cm³/mol. The summed E-state index contributed by atoms with van der Waals surface area (Å²) in [6.45, 7) is 1.50. The number of nitrogens with zero attached hydrogens (tertiary/aromatic N) is 3. The molecule has 6 nitrogen and oxygen atoms in total. The van der Waals surface area contributed by atoms with Gasteiger partial charge in [-0.15, -0.1) is 0 Å². The molecule has 0 aliphatic heterocycles. The van der Waals surface area contributed by atoms with Gasteiger partial charge >= 0.3 is 5.00 Å². The molecule has 0 saturated heterocycles. The molecule has 2 aromatic rings. The Hall–Kier alpha value is -2.14. The summed E-state index contributed by atoms with van der Waals surface area (Å²) in [5, 5.41) is 29.8. The third kappa shape index (κ3) is 3.20. The summed E-state index contributed by atoms with van der Waals surface area (Å²) in [7, 11) is 0. The molecular weight excluding hydrogens is 349 g/mol. The Bertz CT molecular complexity index is 817. The van der Waals surface area contributed by atoms with E-state index >= 15 is 0 Å². The summed E-state index contributed by atoms with van der Waals surface area (Å²) in [5.41, 5.74) is 0.854. The second kappa shape index (κ2) is 6.32. The number of allylic oxidation sites excluding steroid dienone is 1. The minimum absolute atomic E-state index is 0.0392. The number of nitriles is 1. The Morgan fingerprint density at radius 2 is 2.09 bits per heavy atom. The molecule has 1 heterocycles. The largest absolute Gasteiger partial charge is 0.505 e. The number of aryl methyl sites for hydroxylation is 1. The fourth-order valence-corrected chi connectivity index (χ4v) is 3.00. The molecule has 0 atom stereocenters. The average molecular weight is 356 g/mol. The third-order valence-electron chi connectivity index (χ3n) is 2.64. The van der Waals surface area contributed by atoms with Crippen LogP contribution < -0.4 is 0 Å². The van der Waals surface area contributed by atoms with Crippen LogP contribution in [0.5, 0.6) is 5.75 Å². The van der Waals surface area contributed by atoms with Crippen LogP contribution in [0, 0.1) is 28.4 Å². The van der Waals surface area contributed by atoms with Crippen LogP contribution in [0.3, 0.4) is 0 Å². The molecular formula is C13H7Cl2N3O3S. The van der Waals surface area contributed by atoms with Gasteiger partial charge in [0, 0.05) is 0 Å². The molecule has 0 spiro atoms. The highest BCUT2D eigenvalue weighted by Gasteiger charge is 2.20. The van der Waals surface area contributed by atoms with Crippen molar-refractivity contribution in [2.75, 3.05) is 0 Å². The van der Waals surface area contributed by atoms with E-state index in [-0.39, 0.29) is 37.1 Å². The number of rotatable bonds is 3. The summed E-state index contributed by atoms with van der Waals surface area (Å²) in [4.78, 5) is 14.3. The number of thiazole rings is 1. The van der Waals surface area contributed by atoms with Crippen molar-refractivity contribution >= 4 is 51.2 Å². The quantitative estimate of drug-likeness (QED) is 0.498. The highest BCUT2D eigenvalue weighted by molar-refractivity contribution is 7.16. The van der Waals surface area contributed by atoms with E-state index in [9.17, 15) is 20.5 Å². The van der Waals surface area contributed by atoms with Gasteiger partial charge in [-0.3, -0.25) is 10.1 Å². The van der Waals surface area contributed by atoms with Gasteiger partial charge in [-0.25, -0.2) is 4.98 Å². The van der Waals surface area contributed by atoms with Gasteiger partial charge < -0.3 is 5.11 Å². The van der Waals surface area contributed by atoms with Gasteiger partial charge in [0.1, 0.15) is 16.8 Å².